The maximum Gasteiger partial charge on any atom is 0.230 e. The van der Waals surface area contributed by atoms with Crippen LogP contribution in [0, 0.1) is 17.4 Å². The summed E-state index contributed by atoms with van der Waals surface area (Å²) in [4.78, 5) is 22.1. The SMILES string of the molecule is N#CN1CCC(C(=O)Nc2ccc(-c3cccnc3)cn2)C1. The average Bonchev–Trinajstić information content (AvgIpc) is 3.06. The molecular formula is C16H15N5O. The van der Waals surface area contributed by atoms with Crippen molar-refractivity contribution < 1.29 is 4.79 Å². The van der Waals surface area contributed by atoms with Crippen LogP contribution in [0.2, 0.25) is 0 Å². The lowest BCUT2D eigenvalue weighted by Gasteiger charge is -2.10. The molecule has 22 heavy (non-hydrogen) atoms. The van der Waals surface area contributed by atoms with Crippen molar-refractivity contribution in [1.82, 2.24) is 14.9 Å². The third kappa shape index (κ3) is 3.04. The average molecular weight is 293 g/mol. The maximum absolute atomic E-state index is 12.1. The van der Waals surface area contributed by atoms with Crippen LogP contribution < -0.4 is 5.32 Å². The first-order valence-electron chi connectivity index (χ1n) is 7.08. The van der Waals surface area contributed by atoms with Gasteiger partial charge in [-0.2, -0.15) is 5.26 Å². The molecule has 6 heteroatoms. The molecule has 6 nitrogen and oxygen atoms in total. The lowest BCUT2D eigenvalue weighted by Crippen LogP contribution is -2.25. The number of rotatable bonds is 3. The second-order valence-corrected chi connectivity index (χ2v) is 5.19. The molecule has 1 atom stereocenters. The number of hydrogen-bond donors (Lipinski definition) is 1. The minimum Gasteiger partial charge on any atom is -0.310 e. The molecule has 1 saturated heterocycles. The van der Waals surface area contributed by atoms with Gasteiger partial charge in [-0.25, -0.2) is 4.98 Å². The summed E-state index contributed by atoms with van der Waals surface area (Å²) < 4.78 is 0. The topological polar surface area (TPSA) is 81.9 Å². The molecule has 1 N–H and O–H groups in total. The van der Waals surface area contributed by atoms with E-state index in [0.717, 1.165) is 11.1 Å². The molecule has 0 spiro atoms. The molecule has 0 bridgehead atoms. The Morgan fingerprint density at radius 1 is 1.32 bits per heavy atom. The first-order valence-corrected chi connectivity index (χ1v) is 7.08. The Morgan fingerprint density at radius 3 is 2.82 bits per heavy atom. The smallest absolute Gasteiger partial charge is 0.230 e. The van der Waals surface area contributed by atoms with Crippen molar-refractivity contribution in [2.75, 3.05) is 18.4 Å². The number of aromatic nitrogens is 2. The van der Waals surface area contributed by atoms with Crippen molar-refractivity contribution in [3.05, 3.63) is 42.9 Å². The number of nitriles is 1. The highest BCUT2D eigenvalue weighted by atomic mass is 16.2. The summed E-state index contributed by atoms with van der Waals surface area (Å²) in [6.45, 7) is 1.12. The summed E-state index contributed by atoms with van der Waals surface area (Å²) in [5.41, 5.74) is 1.93. The number of carbonyl (C=O) groups is 1. The van der Waals surface area contributed by atoms with E-state index in [4.69, 9.17) is 5.26 Å². The normalized spacial score (nSPS) is 17.0. The van der Waals surface area contributed by atoms with Gasteiger partial charge in [0.15, 0.2) is 6.19 Å². The van der Waals surface area contributed by atoms with Gasteiger partial charge in [0.25, 0.3) is 0 Å². The summed E-state index contributed by atoms with van der Waals surface area (Å²) in [5, 5.41) is 11.6. The third-order valence-corrected chi connectivity index (χ3v) is 3.71. The summed E-state index contributed by atoms with van der Waals surface area (Å²) in [6.07, 6.45) is 7.97. The maximum atomic E-state index is 12.1. The molecule has 0 aliphatic carbocycles. The third-order valence-electron chi connectivity index (χ3n) is 3.71. The second kappa shape index (κ2) is 6.22. The highest BCUT2D eigenvalue weighted by Crippen LogP contribution is 2.20. The van der Waals surface area contributed by atoms with E-state index in [-0.39, 0.29) is 11.8 Å². The van der Waals surface area contributed by atoms with Gasteiger partial charge in [-0.1, -0.05) is 6.07 Å². The van der Waals surface area contributed by atoms with Gasteiger partial charge in [0.05, 0.1) is 5.92 Å². The number of amides is 1. The van der Waals surface area contributed by atoms with Crippen LogP contribution in [0.15, 0.2) is 42.9 Å². The van der Waals surface area contributed by atoms with E-state index >= 15 is 0 Å². The molecule has 3 heterocycles. The number of nitrogens with zero attached hydrogens (tertiary/aromatic N) is 4. The lowest BCUT2D eigenvalue weighted by molar-refractivity contribution is -0.119. The molecule has 1 aliphatic heterocycles. The number of pyridine rings is 2. The molecule has 1 aliphatic rings. The lowest BCUT2D eigenvalue weighted by atomic mass is 10.1. The number of likely N-dealkylation sites (tertiary alicyclic amines) is 1. The van der Waals surface area contributed by atoms with E-state index in [0.29, 0.717) is 25.3 Å². The van der Waals surface area contributed by atoms with E-state index in [1.165, 1.54) is 0 Å². The zero-order valence-corrected chi connectivity index (χ0v) is 11.9. The van der Waals surface area contributed by atoms with Gasteiger partial charge in [-0.05, 0) is 24.6 Å². The highest BCUT2D eigenvalue weighted by molar-refractivity contribution is 5.92. The summed E-state index contributed by atoms with van der Waals surface area (Å²) >= 11 is 0. The molecule has 1 unspecified atom stereocenters. The Balaban J connectivity index is 1.64. The molecule has 0 radical (unpaired) electrons. The van der Waals surface area contributed by atoms with E-state index in [1.54, 1.807) is 29.6 Å². The largest absolute Gasteiger partial charge is 0.310 e. The zero-order chi connectivity index (χ0) is 15.4. The highest BCUT2D eigenvalue weighted by Gasteiger charge is 2.27. The van der Waals surface area contributed by atoms with Gasteiger partial charge >= 0.3 is 0 Å². The van der Waals surface area contributed by atoms with Crippen molar-refractivity contribution >= 4 is 11.7 Å². The first-order chi connectivity index (χ1) is 10.8. The van der Waals surface area contributed by atoms with Gasteiger partial charge in [0.1, 0.15) is 5.82 Å². The molecule has 0 saturated carbocycles. The Bertz CT molecular complexity index is 693. The molecule has 3 rings (SSSR count). The van der Waals surface area contributed by atoms with Gasteiger partial charge < -0.3 is 10.2 Å². The van der Waals surface area contributed by atoms with Crippen LogP contribution in [-0.2, 0) is 4.79 Å². The number of anilines is 1. The number of hydrogen-bond acceptors (Lipinski definition) is 5. The van der Waals surface area contributed by atoms with Crippen molar-refractivity contribution in [2.24, 2.45) is 5.92 Å². The van der Waals surface area contributed by atoms with E-state index < -0.39 is 0 Å². The van der Waals surface area contributed by atoms with Crippen molar-refractivity contribution in [1.29, 1.82) is 5.26 Å². The Morgan fingerprint density at radius 2 is 2.18 bits per heavy atom. The predicted molar refractivity (Wildman–Crippen MR) is 81.4 cm³/mol. The van der Waals surface area contributed by atoms with Crippen LogP contribution in [-0.4, -0.2) is 33.9 Å². The Labute approximate surface area is 128 Å². The van der Waals surface area contributed by atoms with E-state index in [2.05, 4.69) is 21.5 Å². The standard InChI is InChI=1S/C16H15N5O/c17-11-21-7-5-14(10-21)16(22)20-15-4-3-13(9-19-15)12-2-1-6-18-8-12/h1-4,6,8-9,14H,5,7,10H2,(H,19,20,22). The predicted octanol–water partition coefficient (Wildman–Crippen LogP) is 1.89. The van der Waals surface area contributed by atoms with Crippen LogP contribution >= 0.6 is 0 Å². The fraction of sp³-hybridized carbons (Fsp3) is 0.250. The monoisotopic (exact) mass is 293 g/mol. The number of nitrogens with one attached hydrogen (secondary N) is 1. The summed E-state index contributed by atoms with van der Waals surface area (Å²) in [6, 6.07) is 7.50. The molecule has 0 aromatic carbocycles. The van der Waals surface area contributed by atoms with Crippen LogP contribution in [0.5, 0.6) is 0 Å². The quantitative estimate of drug-likeness (QED) is 0.874. The molecule has 1 amide bonds. The molecular weight excluding hydrogens is 278 g/mol. The fourth-order valence-electron chi connectivity index (χ4n) is 2.47. The van der Waals surface area contributed by atoms with E-state index in [9.17, 15) is 4.79 Å². The minimum atomic E-state index is -0.153. The Kier molecular flexibility index (Phi) is 3.97. The van der Waals surface area contributed by atoms with Crippen molar-refractivity contribution in [3.8, 4) is 17.3 Å². The molecule has 1 fully saturated rings. The molecule has 2 aromatic rings. The van der Waals surface area contributed by atoms with Gasteiger partial charge in [-0.15, -0.1) is 0 Å². The van der Waals surface area contributed by atoms with Crippen molar-refractivity contribution in [2.45, 2.75) is 6.42 Å². The summed E-state index contributed by atoms with van der Waals surface area (Å²) in [5.74, 6) is 0.284. The summed E-state index contributed by atoms with van der Waals surface area (Å²) in [7, 11) is 0. The zero-order valence-electron chi connectivity index (χ0n) is 11.9. The van der Waals surface area contributed by atoms with Gasteiger partial charge in [0, 0.05) is 42.8 Å². The van der Waals surface area contributed by atoms with Gasteiger partial charge in [-0.3, -0.25) is 9.78 Å². The first kappa shape index (κ1) is 14.0. The van der Waals surface area contributed by atoms with Gasteiger partial charge in [0.2, 0.25) is 5.91 Å². The van der Waals surface area contributed by atoms with Crippen LogP contribution in [0.25, 0.3) is 11.1 Å². The minimum absolute atomic E-state index is 0.0839. The fourth-order valence-corrected chi connectivity index (χ4v) is 2.47. The van der Waals surface area contributed by atoms with Crippen LogP contribution in [0.1, 0.15) is 6.42 Å². The molecule has 110 valence electrons. The molecule has 2 aromatic heterocycles. The van der Waals surface area contributed by atoms with Crippen LogP contribution in [0.3, 0.4) is 0 Å². The Hall–Kier alpha value is -2.94. The second-order valence-electron chi connectivity index (χ2n) is 5.19. The van der Waals surface area contributed by atoms with Crippen LogP contribution in [0.4, 0.5) is 5.82 Å². The van der Waals surface area contributed by atoms with E-state index in [1.807, 2.05) is 18.2 Å². The van der Waals surface area contributed by atoms with Crippen molar-refractivity contribution in [3.63, 3.8) is 0 Å². The number of carbonyl (C=O) groups excluding carboxylic acids is 1.